The summed E-state index contributed by atoms with van der Waals surface area (Å²) in [6, 6.07) is 7.57. The first kappa shape index (κ1) is 16.5. The molecule has 1 atom stereocenters. The van der Waals surface area contributed by atoms with Crippen LogP contribution in [0.1, 0.15) is 26.9 Å². The highest BCUT2D eigenvalue weighted by Crippen LogP contribution is 2.29. The van der Waals surface area contributed by atoms with Crippen molar-refractivity contribution in [2.45, 2.75) is 12.3 Å². The predicted molar refractivity (Wildman–Crippen MR) is 77.7 cm³/mol. The highest BCUT2D eigenvalue weighted by molar-refractivity contribution is 7.10. The molecule has 1 unspecified atom stereocenters. The molecule has 0 aliphatic carbocycles. The topological polar surface area (TPSA) is 40.5 Å². The van der Waals surface area contributed by atoms with Crippen molar-refractivity contribution >= 4 is 17.2 Å². The molecule has 0 spiro atoms. The van der Waals surface area contributed by atoms with E-state index >= 15 is 0 Å². The van der Waals surface area contributed by atoms with Crippen molar-refractivity contribution in [1.29, 1.82) is 0 Å². The van der Waals surface area contributed by atoms with Crippen molar-refractivity contribution in [3.63, 3.8) is 0 Å². The number of benzene rings is 1. The number of nitrogens with zero attached hydrogens (tertiary/aromatic N) is 1. The number of hydrogen-bond donors (Lipinski definition) is 1. The van der Waals surface area contributed by atoms with Gasteiger partial charge in [0.15, 0.2) is 0 Å². The van der Waals surface area contributed by atoms with Crippen LogP contribution in [-0.2, 0) is 6.18 Å². The summed E-state index contributed by atoms with van der Waals surface area (Å²) in [6.45, 7) is 0.0698. The van der Waals surface area contributed by atoms with E-state index in [0.29, 0.717) is 0 Å². The Labute approximate surface area is 129 Å². The van der Waals surface area contributed by atoms with Gasteiger partial charge in [-0.05, 0) is 35.7 Å². The standard InChI is InChI=1S/C15H14F3NO2S/c1-19(9-12(20)13-3-2-8-22-13)14(21)10-4-6-11(7-5-10)15(16,17)18/h2-8,12,20H,9H2,1H3. The maximum Gasteiger partial charge on any atom is 0.416 e. The van der Waals surface area contributed by atoms with Crippen LogP contribution in [0, 0.1) is 0 Å². The first-order valence-electron chi connectivity index (χ1n) is 6.43. The van der Waals surface area contributed by atoms with E-state index in [1.165, 1.54) is 23.3 Å². The van der Waals surface area contributed by atoms with Crippen molar-refractivity contribution in [2.75, 3.05) is 13.6 Å². The van der Waals surface area contributed by atoms with Crippen molar-refractivity contribution < 1.29 is 23.1 Å². The molecule has 1 aromatic heterocycles. The zero-order chi connectivity index (χ0) is 16.3. The molecule has 2 aromatic rings. The smallest absolute Gasteiger partial charge is 0.386 e. The predicted octanol–water partition coefficient (Wildman–Crippen LogP) is 3.57. The number of carbonyl (C=O) groups is 1. The van der Waals surface area contributed by atoms with Crippen molar-refractivity contribution in [2.24, 2.45) is 0 Å². The number of amides is 1. The Bertz CT molecular complexity index is 623. The fourth-order valence-corrected chi connectivity index (χ4v) is 2.64. The molecule has 0 aliphatic heterocycles. The van der Waals surface area contributed by atoms with Crippen LogP contribution < -0.4 is 0 Å². The second kappa shape index (κ2) is 6.50. The molecule has 0 saturated heterocycles. The molecular weight excluding hydrogens is 315 g/mol. The summed E-state index contributed by atoms with van der Waals surface area (Å²) in [6.07, 6.45) is -5.24. The molecule has 1 heterocycles. The number of aliphatic hydroxyl groups is 1. The zero-order valence-corrected chi connectivity index (χ0v) is 12.5. The average Bonchev–Trinajstić information content (AvgIpc) is 3.00. The second-order valence-electron chi connectivity index (χ2n) is 4.79. The lowest BCUT2D eigenvalue weighted by Gasteiger charge is -2.20. The number of alkyl halides is 3. The third-order valence-corrected chi connectivity index (χ3v) is 4.10. The van der Waals surface area contributed by atoms with Gasteiger partial charge in [-0.25, -0.2) is 0 Å². The highest BCUT2D eigenvalue weighted by atomic mass is 32.1. The van der Waals surface area contributed by atoms with E-state index in [1.807, 2.05) is 5.38 Å². The van der Waals surface area contributed by atoms with Crippen molar-refractivity contribution in [3.05, 3.63) is 57.8 Å². The van der Waals surface area contributed by atoms with Gasteiger partial charge >= 0.3 is 6.18 Å². The lowest BCUT2D eigenvalue weighted by molar-refractivity contribution is -0.137. The van der Waals surface area contributed by atoms with Gasteiger partial charge in [-0.1, -0.05) is 6.07 Å². The van der Waals surface area contributed by atoms with E-state index < -0.39 is 23.8 Å². The van der Waals surface area contributed by atoms with E-state index in [1.54, 1.807) is 12.1 Å². The SMILES string of the molecule is CN(CC(O)c1cccs1)C(=O)c1ccc(C(F)(F)F)cc1. The third kappa shape index (κ3) is 3.86. The largest absolute Gasteiger partial charge is 0.416 e. The van der Waals surface area contributed by atoms with E-state index in [2.05, 4.69) is 0 Å². The van der Waals surface area contributed by atoms with Gasteiger partial charge in [0.2, 0.25) is 0 Å². The molecule has 0 fully saturated rings. The molecule has 1 N–H and O–H groups in total. The molecule has 118 valence electrons. The highest BCUT2D eigenvalue weighted by Gasteiger charge is 2.30. The Morgan fingerprint density at radius 3 is 2.41 bits per heavy atom. The maximum atomic E-state index is 12.5. The van der Waals surface area contributed by atoms with Crippen LogP contribution in [0.5, 0.6) is 0 Å². The monoisotopic (exact) mass is 329 g/mol. The minimum absolute atomic E-state index is 0.0698. The van der Waals surface area contributed by atoms with Crippen LogP contribution in [0.4, 0.5) is 13.2 Å². The van der Waals surface area contributed by atoms with Crippen LogP contribution in [0.2, 0.25) is 0 Å². The molecule has 3 nitrogen and oxygen atoms in total. The number of hydrogen-bond acceptors (Lipinski definition) is 3. The Balaban J connectivity index is 2.04. The Morgan fingerprint density at radius 2 is 1.91 bits per heavy atom. The van der Waals surface area contributed by atoms with Crippen LogP contribution >= 0.6 is 11.3 Å². The lowest BCUT2D eigenvalue weighted by atomic mass is 10.1. The van der Waals surface area contributed by atoms with E-state index in [0.717, 1.165) is 29.1 Å². The number of rotatable bonds is 4. The van der Waals surface area contributed by atoms with Crippen LogP contribution in [0.15, 0.2) is 41.8 Å². The zero-order valence-electron chi connectivity index (χ0n) is 11.7. The van der Waals surface area contributed by atoms with Gasteiger partial charge < -0.3 is 10.0 Å². The Hall–Kier alpha value is -1.86. The summed E-state index contributed by atoms with van der Waals surface area (Å²) in [5, 5.41) is 11.8. The Kier molecular flexibility index (Phi) is 4.87. The molecule has 7 heteroatoms. The average molecular weight is 329 g/mol. The van der Waals surface area contributed by atoms with Gasteiger partial charge in [0.25, 0.3) is 5.91 Å². The number of carbonyl (C=O) groups excluding carboxylic acids is 1. The minimum Gasteiger partial charge on any atom is -0.386 e. The van der Waals surface area contributed by atoms with Gasteiger partial charge in [0.1, 0.15) is 6.10 Å². The van der Waals surface area contributed by atoms with Crippen molar-refractivity contribution in [1.82, 2.24) is 4.90 Å². The molecule has 2 rings (SSSR count). The summed E-state index contributed by atoms with van der Waals surface area (Å²) in [5.74, 6) is -0.440. The van der Waals surface area contributed by atoms with Gasteiger partial charge in [-0.15, -0.1) is 11.3 Å². The fourth-order valence-electron chi connectivity index (χ4n) is 1.94. The summed E-state index contributed by atoms with van der Waals surface area (Å²) >= 11 is 1.37. The number of aliphatic hydroxyl groups excluding tert-OH is 1. The minimum atomic E-state index is -4.43. The van der Waals surface area contributed by atoms with Gasteiger partial charge in [-0.2, -0.15) is 13.2 Å². The van der Waals surface area contributed by atoms with E-state index in [4.69, 9.17) is 0 Å². The third-order valence-electron chi connectivity index (χ3n) is 3.12. The summed E-state index contributed by atoms with van der Waals surface area (Å²) in [5.41, 5.74) is -0.654. The van der Waals surface area contributed by atoms with E-state index in [-0.39, 0.29) is 12.1 Å². The van der Waals surface area contributed by atoms with Crippen LogP contribution in [-0.4, -0.2) is 29.5 Å². The summed E-state index contributed by atoms with van der Waals surface area (Å²) in [4.78, 5) is 14.2. The number of likely N-dealkylation sites (N-methyl/N-ethyl adjacent to an activating group) is 1. The molecule has 0 aliphatic rings. The normalized spacial score (nSPS) is 13.0. The lowest BCUT2D eigenvalue weighted by Crippen LogP contribution is -2.30. The van der Waals surface area contributed by atoms with Gasteiger partial charge in [0.05, 0.1) is 12.1 Å². The molecular formula is C15H14F3NO2S. The van der Waals surface area contributed by atoms with E-state index in [9.17, 15) is 23.1 Å². The fraction of sp³-hybridized carbons (Fsp3) is 0.267. The second-order valence-corrected chi connectivity index (χ2v) is 5.77. The van der Waals surface area contributed by atoms with Gasteiger partial charge in [0, 0.05) is 17.5 Å². The molecule has 0 saturated carbocycles. The van der Waals surface area contributed by atoms with Crippen LogP contribution in [0.3, 0.4) is 0 Å². The summed E-state index contributed by atoms with van der Waals surface area (Å²) in [7, 11) is 1.50. The molecule has 0 radical (unpaired) electrons. The van der Waals surface area contributed by atoms with Crippen LogP contribution in [0.25, 0.3) is 0 Å². The molecule has 0 bridgehead atoms. The first-order chi connectivity index (χ1) is 10.3. The summed E-state index contributed by atoms with van der Waals surface area (Å²) < 4.78 is 37.4. The quantitative estimate of drug-likeness (QED) is 0.931. The first-order valence-corrected chi connectivity index (χ1v) is 7.31. The molecule has 22 heavy (non-hydrogen) atoms. The maximum absolute atomic E-state index is 12.5. The Morgan fingerprint density at radius 1 is 1.27 bits per heavy atom. The molecule has 1 aromatic carbocycles. The van der Waals surface area contributed by atoms with Crippen molar-refractivity contribution in [3.8, 4) is 0 Å². The number of halogens is 3. The van der Waals surface area contributed by atoms with Gasteiger partial charge in [-0.3, -0.25) is 4.79 Å². The molecule has 1 amide bonds. The number of thiophene rings is 1.